The second-order valence-electron chi connectivity index (χ2n) is 14.5. The minimum absolute atomic E-state index is 0.144. The molecular weight excluding hydrogens is 733 g/mol. The first kappa shape index (κ1) is 53.4. The quantitative estimate of drug-likeness (QED) is 0.0233. The predicted molar refractivity (Wildman–Crippen MR) is 226 cm³/mol. The number of hydrogen-bond donors (Lipinski definition) is 3. The van der Waals surface area contributed by atoms with E-state index in [0.717, 1.165) is 89.9 Å². The van der Waals surface area contributed by atoms with Crippen LogP contribution in [-0.2, 0) is 37.5 Å². The largest absolute Gasteiger partial charge is 0.480 e. The van der Waals surface area contributed by atoms with Gasteiger partial charge in [0, 0.05) is 12.8 Å². The monoisotopic (exact) mass is 812 g/mol. The molecule has 4 N–H and O–H groups in total. The fourth-order valence-electron chi connectivity index (χ4n) is 5.59. The van der Waals surface area contributed by atoms with Crippen molar-refractivity contribution in [2.45, 2.75) is 193 Å². The molecule has 0 aromatic heterocycles. The van der Waals surface area contributed by atoms with Crippen LogP contribution in [0.4, 0.5) is 0 Å². The van der Waals surface area contributed by atoms with Crippen molar-refractivity contribution in [1.29, 1.82) is 0 Å². The van der Waals surface area contributed by atoms with E-state index in [0.29, 0.717) is 12.8 Å². The van der Waals surface area contributed by atoms with Gasteiger partial charge in [0.2, 0.25) is 0 Å². The van der Waals surface area contributed by atoms with Gasteiger partial charge in [0.1, 0.15) is 12.6 Å². The standard InChI is InChI=1S/C44H78NO10P/c1-3-5-7-9-11-13-15-17-18-19-20-21-22-24-26-28-30-32-34-36-43(47)55-40(38-53-56(50,51)54-39-41(45)44(48)49)37-52-42(46)35-33-31-29-27-25-23-16-14-12-10-8-6-4-2/h11,13-14,16-18,20-21,40-41H,3-10,12,15,19,22-39,45H2,1-2H3,(H,48,49)(H,50,51)/b13-11-,16-14-,18-17-,21-20-. The molecule has 12 heteroatoms. The molecule has 0 aliphatic carbocycles. The Morgan fingerprint density at radius 3 is 1.46 bits per heavy atom. The maximum Gasteiger partial charge on any atom is 0.472 e. The van der Waals surface area contributed by atoms with Crippen molar-refractivity contribution >= 4 is 25.7 Å². The van der Waals surface area contributed by atoms with Gasteiger partial charge in [0.05, 0.1) is 13.2 Å². The number of carbonyl (C=O) groups excluding carboxylic acids is 2. The molecule has 0 bridgehead atoms. The first-order valence-corrected chi connectivity index (χ1v) is 23.2. The number of phosphoric ester groups is 1. The topological polar surface area (TPSA) is 172 Å². The van der Waals surface area contributed by atoms with Gasteiger partial charge in [-0.1, -0.05) is 140 Å². The van der Waals surface area contributed by atoms with Crippen LogP contribution in [0.15, 0.2) is 48.6 Å². The van der Waals surface area contributed by atoms with Crippen molar-refractivity contribution in [3.8, 4) is 0 Å². The highest BCUT2D eigenvalue weighted by Gasteiger charge is 2.28. The Morgan fingerprint density at radius 1 is 0.554 bits per heavy atom. The number of carboxylic acid groups (broad SMARTS) is 1. The average Bonchev–Trinajstić information content (AvgIpc) is 3.17. The van der Waals surface area contributed by atoms with Gasteiger partial charge in [-0.05, 0) is 77.0 Å². The summed E-state index contributed by atoms with van der Waals surface area (Å²) in [5.41, 5.74) is 5.33. The molecule has 0 saturated heterocycles. The SMILES string of the molecule is CCCCC/C=C\C/C=C\C/C=C\CCCCCCCCC(=O)OC(COC(=O)CCCCCCC/C=C\CCCCCC)COP(=O)(O)OCC(N)C(=O)O. The fraction of sp³-hybridized carbons (Fsp3) is 0.750. The van der Waals surface area contributed by atoms with Gasteiger partial charge < -0.3 is 25.2 Å². The number of esters is 2. The van der Waals surface area contributed by atoms with E-state index in [1.165, 1.54) is 51.4 Å². The minimum atomic E-state index is -4.72. The third-order valence-corrected chi connectivity index (χ3v) is 10.0. The number of hydrogen-bond acceptors (Lipinski definition) is 9. The lowest BCUT2D eigenvalue weighted by Crippen LogP contribution is -2.34. The first-order chi connectivity index (χ1) is 27.1. The number of rotatable bonds is 40. The average molecular weight is 812 g/mol. The molecule has 0 amide bonds. The third-order valence-electron chi connectivity index (χ3n) is 9.05. The number of carboxylic acids is 1. The number of aliphatic carboxylic acids is 1. The van der Waals surface area contributed by atoms with Crippen LogP contribution in [-0.4, -0.2) is 59.9 Å². The number of allylic oxidation sites excluding steroid dienone is 8. The van der Waals surface area contributed by atoms with Crippen LogP contribution in [0.2, 0.25) is 0 Å². The van der Waals surface area contributed by atoms with E-state index in [4.69, 9.17) is 24.8 Å². The highest BCUT2D eigenvalue weighted by Crippen LogP contribution is 2.43. The normalized spacial score (nSPS) is 14.2. The van der Waals surface area contributed by atoms with Crippen LogP contribution in [0.5, 0.6) is 0 Å². The summed E-state index contributed by atoms with van der Waals surface area (Å²) in [4.78, 5) is 45.9. The first-order valence-electron chi connectivity index (χ1n) is 21.7. The predicted octanol–water partition coefficient (Wildman–Crippen LogP) is 11.4. The Hall–Kier alpha value is -2.56. The maximum atomic E-state index is 12.6. The highest BCUT2D eigenvalue weighted by atomic mass is 31.2. The number of ether oxygens (including phenoxy) is 2. The molecule has 0 heterocycles. The summed E-state index contributed by atoms with van der Waals surface area (Å²) in [6.45, 7) is 2.73. The molecule has 0 aromatic carbocycles. The van der Waals surface area contributed by atoms with Gasteiger partial charge in [-0.2, -0.15) is 0 Å². The van der Waals surface area contributed by atoms with Crippen LogP contribution < -0.4 is 5.73 Å². The smallest absolute Gasteiger partial charge is 0.472 e. The van der Waals surface area contributed by atoms with Crippen molar-refractivity contribution in [3.05, 3.63) is 48.6 Å². The fourth-order valence-corrected chi connectivity index (χ4v) is 6.37. The molecule has 0 aliphatic rings. The number of nitrogens with two attached hydrogens (primary N) is 1. The Kier molecular flexibility index (Phi) is 37.5. The van der Waals surface area contributed by atoms with Crippen molar-refractivity contribution in [3.63, 3.8) is 0 Å². The molecule has 0 saturated carbocycles. The third kappa shape index (κ3) is 38.3. The molecule has 0 fully saturated rings. The van der Waals surface area contributed by atoms with Crippen molar-refractivity contribution in [1.82, 2.24) is 0 Å². The minimum Gasteiger partial charge on any atom is -0.480 e. The summed E-state index contributed by atoms with van der Waals surface area (Å²) in [5.74, 6) is -2.41. The van der Waals surface area contributed by atoms with Crippen LogP contribution in [0.3, 0.4) is 0 Å². The van der Waals surface area contributed by atoms with E-state index in [-0.39, 0.29) is 19.4 Å². The second kappa shape index (κ2) is 39.3. The zero-order valence-electron chi connectivity index (χ0n) is 35.0. The van der Waals surface area contributed by atoms with Crippen LogP contribution in [0.25, 0.3) is 0 Å². The lowest BCUT2D eigenvalue weighted by Gasteiger charge is -2.20. The number of carbonyl (C=O) groups is 3. The summed E-state index contributed by atoms with van der Waals surface area (Å²) in [6, 6.07) is -1.53. The van der Waals surface area contributed by atoms with Gasteiger partial charge in [0.25, 0.3) is 0 Å². The zero-order valence-corrected chi connectivity index (χ0v) is 35.9. The summed E-state index contributed by atoms with van der Waals surface area (Å²) in [6.07, 6.45) is 43.1. The molecule has 0 rings (SSSR count). The molecular formula is C44H78NO10P. The number of phosphoric acid groups is 1. The van der Waals surface area contributed by atoms with Gasteiger partial charge >= 0.3 is 25.7 Å². The van der Waals surface area contributed by atoms with E-state index >= 15 is 0 Å². The lowest BCUT2D eigenvalue weighted by molar-refractivity contribution is -0.161. The Labute approximate surface area is 339 Å². The van der Waals surface area contributed by atoms with Crippen LogP contribution in [0, 0.1) is 0 Å². The zero-order chi connectivity index (χ0) is 41.4. The van der Waals surface area contributed by atoms with E-state index < -0.39 is 51.1 Å². The van der Waals surface area contributed by atoms with Crippen LogP contribution in [0.1, 0.15) is 181 Å². The Balaban J connectivity index is 4.40. The van der Waals surface area contributed by atoms with E-state index in [9.17, 15) is 23.8 Å². The van der Waals surface area contributed by atoms with Crippen LogP contribution >= 0.6 is 7.82 Å². The summed E-state index contributed by atoms with van der Waals surface area (Å²) in [5, 5.41) is 8.88. The molecule has 0 spiro atoms. The van der Waals surface area contributed by atoms with Crippen molar-refractivity contribution in [2.75, 3.05) is 19.8 Å². The molecule has 3 atom stereocenters. The van der Waals surface area contributed by atoms with Gasteiger partial charge in [-0.25, -0.2) is 4.57 Å². The van der Waals surface area contributed by atoms with Crippen molar-refractivity contribution < 1.29 is 47.5 Å². The van der Waals surface area contributed by atoms with E-state index in [2.05, 4.69) is 67.0 Å². The molecule has 11 nitrogen and oxygen atoms in total. The maximum absolute atomic E-state index is 12.6. The Bertz CT molecular complexity index is 1140. The molecule has 324 valence electrons. The Morgan fingerprint density at radius 2 is 0.946 bits per heavy atom. The van der Waals surface area contributed by atoms with Gasteiger partial charge in [0.15, 0.2) is 6.10 Å². The van der Waals surface area contributed by atoms with E-state index in [1.807, 2.05) is 0 Å². The second-order valence-corrected chi connectivity index (χ2v) is 15.9. The summed E-state index contributed by atoms with van der Waals surface area (Å²) in [7, 11) is -4.72. The van der Waals surface area contributed by atoms with Crippen molar-refractivity contribution in [2.24, 2.45) is 5.73 Å². The van der Waals surface area contributed by atoms with Gasteiger partial charge in [-0.15, -0.1) is 0 Å². The van der Waals surface area contributed by atoms with Gasteiger partial charge in [-0.3, -0.25) is 23.4 Å². The molecule has 0 aromatic rings. The molecule has 56 heavy (non-hydrogen) atoms. The summed E-state index contributed by atoms with van der Waals surface area (Å²) >= 11 is 0. The lowest BCUT2D eigenvalue weighted by atomic mass is 10.1. The summed E-state index contributed by atoms with van der Waals surface area (Å²) < 4.78 is 32.7. The molecule has 0 aliphatic heterocycles. The molecule has 3 unspecified atom stereocenters. The number of unbranched alkanes of at least 4 members (excludes halogenated alkanes) is 18. The van der Waals surface area contributed by atoms with E-state index in [1.54, 1.807) is 0 Å². The highest BCUT2D eigenvalue weighted by molar-refractivity contribution is 7.47. The molecule has 0 radical (unpaired) electrons.